The van der Waals surface area contributed by atoms with Crippen LogP contribution in [-0.4, -0.2) is 58.7 Å². The summed E-state index contributed by atoms with van der Waals surface area (Å²) in [6.07, 6.45) is 0. The number of rotatable bonds is 7. The van der Waals surface area contributed by atoms with Gasteiger partial charge in [0.05, 0.1) is 30.4 Å². The third-order valence-electron chi connectivity index (χ3n) is 4.30. The Bertz CT molecular complexity index is 1010. The Hall–Kier alpha value is -2.04. The summed E-state index contributed by atoms with van der Waals surface area (Å²) >= 11 is 12.0. The van der Waals surface area contributed by atoms with Gasteiger partial charge in [-0.1, -0.05) is 29.3 Å². The molecule has 0 spiro atoms. The Morgan fingerprint density at radius 1 is 1.17 bits per heavy atom. The van der Waals surface area contributed by atoms with E-state index in [1.807, 2.05) is 0 Å². The Balaban J connectivity index is 1.75. The minimum absolute atomic E-state index is 0.0419. The molecule has 0 unspecified atom stereocenters. The molecule has 0 bridgehead atoms. The van der Waals surface area contributed by atoms with Gasteiger partial charge in [0.2, 0.25) is 10.0 Å². The largest absolute Gasteiger partial charge is 0.495 e. The van der Waals surface area contributed by atoms with Crippen molar-refractivity contribution in [3.05, 3.63) is 46.4 Å². The number of nitrogens with zero attached hydrogens (tertiary/aromatic N) is 1. The number of halogens is 2. The van der Waals surface area contributed by atoms with Gasteiger partial charge in [0.15, 0.2) is 12.4 Å². The van der Waals surface area contributed by atoms with Crippen molar-refractivity contribution in [3.8, 4) is 11.5 Å². The van der Waals surface area contributed by atoms with Crippen molar-refractivity contribution in [3.63, 3.8) is 0 Å². The Kier molecular flexibility index (Phi) is 7.43. The first-order valence-corrected chi connectivity index (χ1v) is 11.1. The van der Waals surface area contributed by atoms with E-state index in [2.05, 4.69) is 5.32 Å². The lowest BCUT2D eigenvalue weighted by molar-refractivity contribution is -0.118. The molecule has 0 saturated carbocycles. The molecular weight excluding hydrogens is 455 g/mol. The number of morpholine rings is 1. The summed E-state index contributed by atoms with van der Waals surface area (Å²) in [5.74, 6) is -0.134. The highest BCUT2D eigenvalue weighted by Crippen LogP contribution is 2.33. The van der Waals surface area contributed by atoms with Gasteiger partial charge in [-0.2, -0.15) is 4.31 Å². The first-order valence-electron chi connectivity index (χ1n) is 8.95. The van der Waals surface area contributed by atoms with E-state index in [1.54, 1.807) is 18.2 Å². The second-order valence-electron chi connectivity index (χ2n) is 6.27. The smallest absolute Gasteiger partial charge is 0.262 e. The van der Waals surface area contributed by atoms with Crippen molar-refractivity contribution in [1.82, 2.24) is 4.31 Å². The topological polar surface area (TPSA) is 94.2 Å². The second-order valence-corrected chi connectivity index (χ2v) is 8.99. The van der Waals surface area contributed by atoms with Gasteiger partial charge in [-0.3, -0.25) is 4.79 Å². The molecule has 2 aromatic rings. The number of amides is 1. The fraction of sp³-hybridized carbons (Fsp3) is 0.316. The number of nitrogens with one attached hydrogen (secondary N) is 1. The fourth-order valence-corrected chi connectivity index (χ4v) is 4.93. The predicted octanol–water partition coefficient (Wildman–Crippen LogP) is 3.04. The molecule has 3 rings (SSSR count). The molecular formula is C19H20Cl2N2O6S. The molecule has 8 nitrogen and oxygen atoms in total. The highest BCUT2D eigenvalue weighted by atomic mass is 35.5. The number of ether oxygens (including phenoxy) is 3. The molecule has 0 aliphatic carbocycles. The zero-order valence-electron chi connectivity index (χ0n) is 16.1. The van der Waals surface area contributed by atoms with E-state index < -0.39 is 15.9 Å². The third kappa shape index (κ3) is 5.16. The molecule has 162 valence electrons. The summed E-state index contributed by atoms with van der Waals surface area (Å²) in [6.45, 7) is 0.768. The number of carbonyl (C=O) groups excluding carboxylic acids is 1. The molecule has 1 aliphatic rings. The SMILES string of the molecule is COc1ccc(NC(=O)COc2c(Cl)cccc2Cl)cc1S(=O)(=O)N1CCOCC1. The lowest BCUT2D eigenvalue weighted by Gasteiger charge is -2.26. The predicted molar refractivity (Wildman–Crippen MR) is 113 cm³/mol. The van der Waals surface area contributed by atoms with E-state index >= 15 is 0 Å². The summed E-state index contributed by atoms with van der Waals surface area (Å²) in [7, 11) is -2.44. The summed E-state index contributed by atoms with van der Waals surface area (Å²) in [5, 5.41) is 3.16. The standard InChI is InChI=1S/C19H20Cl2N2O6S/c1-27-16-6-5-13(11-17(16)30(25,26)23-7-9-28-10-8-23)22-18(24)12-29-19-14(20)3-2-4-15(19)21/h2-6,11H,7-10,12H2,1H3,(H,22,24). The maximum absolute atomic E-state index is 13.0. The highest BCUT2D eigenvalue weighted by Gasteiger charge is 2.29. The van der Waals surface area contributed by atoms with E-state index in [0.29, 0.717) is 13.2 Å². The molecule has 0 radical (unpaired) electrons. The first-order chi connectivity index (χ1) is 14.3. The van der Waals surface area contributed by atoms with E-state index in [9.17, 15) is 13.2 Å². The molecule has 30 heavy (non-hydrogen) atoms. The Morgan fingerprint density at radius 2 is 1.83 bits per heavy atom. The van der Waals surface area contributed by atoms with Gasteiger partial charge >= 0.3 is 0 Å². The zero-order chi connectivity index (χ0) is 21.7. The molecule has 1 amide bonds. The van der Waals surface area contributed by atoms with Crippen LogP contribution in [0.15, 0.2) is 41.3 Å². The third-order valence-corrected chi connectivity index (χ3v) is 6.82. The van der Waals surface area contributed by atoms with Crippen LogP contribution in [0.4, 0.5) is 5.69 Å². The quantitative estimate of drug-likeness (QED) is 0.662. The van der Waals surface area contributed by atoms with Crippen molar-refractivity contribution in [1.29, 1.82) is 0 Å². The van der Waals surface area contributed by atoms with E-state index in [-0.39, 0.29) is 51.8 Å². The van der Waals surface area contributed by atoms with Gasteiger partial charge in [-0.15, -0.1) is 0 Å². The molecule has 1 fully saturated rings. The minimum atomic E-state index is -3.82. The maximum Gasteiger partial charge on any atom is 0.262 e. The van der Waals surface area contributed by atoms with Gasteiger partial charge < -0.3 is 19.5 Å². The van der Waals surface area contributed by atoms with Gasteiger partial charge in [-0.25, -0.2) is 8.42 Å². The summed E-state index contributed by atoms with van der Waals surface area (Å²) in [5.41, 5.74) is 0.279. The number of sulfonamides is 1. The number of benzene rings is 2. The lowest BCUT2D eigenvalue weighted by atomic mass is 10.3. The van der Waals surface area contributed by atoms with Crippen LogP contribution in [0.25, 0.3) is 0 Å². The Morgan fingerprint density at radius 3 is 2.47 bits per heavy atom. The number of anilines is 1. The van der Waals surface area contributed by atoms with Crippen LogP contribution in [-0.2, 0) is 19.6 Å². The summed E-state index contributed by atoms with van der Waals surface area (Å²) in [6, 6.07) is 9.21. The van der Waals surface area contributed by atoms with Gasteiger partial charge in [0.25, 0.3) is 5.91 Å². The Labute approximate surface area is 184 Å². The normalized spacial score (nSPS) is 14.9. The number of hydrogen-bond acceptors (Lipinski definition) is 6. The van der Waals surface area contributed by atoms with Gasteiger partial charge in [0.1, 0.15) is 10.6 Å². The van der Waals surface area contributed by atoms with Gasteiger partial charge in [-0.05, 0) is 30.3 Å². The average Bonchev–Trinajstić information content (AvgIpc) is 2.74. The maximum atomic E-state index is 13.0. The second kappa shape index (κ2) is 9.84. The highest BCUT2D eigenvalue weighted by molar-refractivity contribution is 7.89. The molecule has 11 heteroatoms. The molecule has 1 heterocycles. The average molecular weight is 475 g/mol. The van der Waals surface area contributed by atoms with E-state index in [0.717, 1.165) is 0 Å². The van der Waals surface area contributed by atoms with Crippen molar-refractivity contribution in [2.75, 3.05) is 45.3 Å². The van der Waals surface area contributed by atoms with Crippen LogP contribution in [0.3, 0.4) is 0 Å². The molecule has 2 aromatic carbocycles. The number of methoxy groups -OCH3 is 1. The molecule has 1 aliphatic heterocycles. The van der Waals surface area contributed by atoms with Crippen LogP contribution in [0.5, 0.6) is 11.5 Å². The lowest BCUT2D eigenvalue weighted by Crippen LogP contribution is -2.40. The van der Waals surface area contributed by atoms with E-state index in [1.165, 1.54) is 29.6 Å². The van der Waals surface area contributed by atoms with Crippen LogP contribution < -0.4 is 14.8 Å². The van der Waals surface area contributed by atoms with Crippen molar-refractivity contribution < 1.29 is 27.4 Å². The van der Waals surface area contributed by atoms with Crippen molar-refractivity contribution in [2.24, 2.45) is 0 Å². The zero-order valence-corrected chi connectivity index (χ0v) is 18.4. The van der Waals surface area contributed by atoms with Gasteiger partial charge in [0, 0.05) is 18.8 Å². The number of hydrogen-bond donors (Lipinski definition) is 1. The molecule has 0 atom stereocenters. The summed E-state index contributed by atoms with van der Waals surface area (Å²) in [4.78, 5) is 12.3. The molecule has 1 N–H and O–H groups in total. The number of carbonyl (C=O) groups is 1. The van der Waals surface area contributed by atoms with Crippen LogP contribution in [0.2, 0.25) is 10.0 Å². The van der Waals surface area contributed by atoms with E-state index in [4.69, 9.17) is 37.4 Å². The minimum Gasteiger partial charge on any atom is -0.495 e. The molecule has 1 saturated heterocycles. The van der Waals surface area contributed by atoms with Crippen molar-refractivity contribution >= 4 is 44.8 Å². The fourth-order valence-electron chi connectivity index (χ4n) is 2.84. The van der Waals surface area contributed by atoms with Crippen LogP contribution in [0, 0.1) is 0 Å². The monoisotopic (exact) mass is 474 g/mol. The van der Waals surface area contributed by atoms with Crippen molar-refractivity contribution in [2.45, 2.75) is 4.90 Å². The number of para-hydroxylation sites is 1. The summed E-state index contributed by atoms with van der Waals surface area (Å²) < 4.78 is 43.2. The first kappa shape index (κ1) is 22.6. The molecule has 0 aromatic heterocycles. The van der Waals surface area contributed by atoms with Crippen LogP contribution in [0.1, 0.15) is 0 Å². The van der Waals surface area contributed by atoms with Crippen LogP contribution >= 0.6 is 23.2 Å².